The van der Waals surface area contributed by atoms with Crippen molar-refractivity contribution in [1.29, 1.82) is 0 Å². The lowest BCUT2D eigenvalue weighted by Gasteiger charge is -2.16. The van der Waals surface area contributed by atoms with Gasteiger partial charge in [0, 0.05) is 19.8 Å². The number of benzene rings is 1. The highest BCUT2D eigenvalue weighted by molar-refractivity contribution is 7.87. The van der Waals surface area contributed by atoms with Crippen LogP contribution in [0.4, 0.5) is 11.7 Å². The third kappa shape index (κ3) is 5.08. The average Bonchev–Trinajstić information content (AvgIpc) is 3.02. The third-order valence-electron chi connectivity index (χ3n) is 4.05. The summed E-state index contributed by atoms with van der Waals surface area (Å²) in [5.74, 6) is -0.230. The minimum absolute atomic E-state index is 0.116. The second-order valence-corrected chi connectivity index (χ2v) is 8.92. The molecule has 2 rings (SSSR count). The number of anilines is 2. The lowest BCUT2D eigenvalue weighted by Crippen LogP contribution is -2.39. The van der Waals surface area contributed by atoms with Crippen LogP contribution in [0.2, 0.25) is 0 Å². The van der Waals surface area contributed by atoms with Crippen molar-refractivity contribution in [3.8, 4) is 0 Å². The van der Waals surface area contributed by atoms with E-state index in [1.54, 1.807) is 0 Å². The summed E-state index contributed by atoms with van der Waals surface area (Å²) in [7, 11) is -1.26. The summed E-state index contributed by atoms with van der Waals surface area (Å²) in [5, 5.41) is 3.09. The van der Waals surface area contributed by atoms with E-state index in [0.29, 0.717) is 5.92 Å². The molecule has 0 aliphatic heterocycles. The summed E-state index contributed by atoms with van der Waals surface area (Å²) in [6, 6.07) is 6.29. The van der Waals surface area contributed by atoms with E-state index < -0.39 is 16.1 Å². The van der Waals surface area contributed by atoms with Gasteiger partial charge < -0.3 is 9.73 Å². The molecule has 0 saturated carbocycles. The van der Waals surface area contributed by atoms with Crippen LogP contribution in [0.5, 0.6) is 0 Å². The van der Waals surface area contributed by atoms with Crippen LogP contribution >= 0.6 is 0 Å². The van der Waals surface area contributed by atoms with E-state index in [1.165, 1.54) is 14.1 Å². The summed E-state index contributed by atoms with van der Waals surface area (Å²) in [4.78, 5) is 16.1. The van der Waals surface area contributed by atoms with Crippen molar-refractivity contribution in [1.82, 2.24) is 14.0 Å². The number of hydrogen-bond donors (Lipinski definition) is 2. The first-order valence-corrected chi connectivity index (χ1v) is 10.1. The number of nitrogens with zero attached hydrogens (tertiary/aromatic N) is 2. The summed E-state index contributed by atoms with van der Waals surface area (Å²) in [5.41, 5.74) is 2.95. The van der Waals surface area contributed by atoms with E-state index in [-0.39, 0.29) is 17.6 Å². The normalized spacial score (nSPS) is 12.0. The van der Waals surface area contributed by atoms with Gasteiger partial charge in [-0.2, -0.15) is 17.7 Å². The van der Waals surface area contributed by atoms with Crippen LogP contribution in [-0.4, -0.2) is 37.7 Å². The van der Waals surface area contributed by atoms with Crippen molar-refractivity contribution in [3.63, 3.8) is 0 Å². The minimum atomic E-state index is -3.90. The number of hydrogen-bond acceptors (Lipinski definition) is 6. The largest absolute Gasteiger partial charge is 0.431 e. The Labute approximate surface area is 160 Å². The zero-order valence-corrected chi connectivity index (χ0v) is 17.2. The fraction of sp³-hybridized carbons (Fsp3) is 0.444. The summed E-state index contributed by atoms with van der Waals surface area (Å²) >= 11 is 0. The maximum Gasteiger partial charge on any atom is 0.303 e. The fourth-order valence-electron chi connectivity index (χ4n) is 2.36. The Balaban J connectivity index is 2.25. The van der Waals surface area contributed by atoms with Crippen LogP contribution in [0.15, 0.2) is 28.9 Å². The first-order chi connectivity index (χ1) is 12.5. The van der Waals surface area contributed by atoms with Crippen LogP contribution in [-0.2, 0) is 10.2 Å². The molecular weight excluding hydrogens is 368 g/mol. The fourth-order valence-corrected chi connectivity index (χ4v) is 2.88. The van der Waals surface area contributed by atoms with Crippen LogP contribution in [0, 0.1) is 0 Å². The Hall–Kier alpha value is -2.39. The predicted molar refractivity (Wildman–Crippen MR) is 104 cm³/mol. The van der Waals surface area contributed by atoms with E-state index >= 15 is 0 Å². The van der Waals surface area contributed by atoms with Crippen LogP contribution in [0.25, 0.3) is 0 Å². The molecule has 8 nitrogen and oxygen atoms in total. The van der Waals surface area contributed by atoms with Crippen molar-refractivity contribution in [3.05, 3.63) is 41.3 Å². The molecule has 0 aliphatic rings. The number of carbonyl (C=O) groups excluding carboxylic acids is 1. The predicted octanol–water partition coefficient (Wildman–Crippen LogP) is 3.20. The summed E-state index contributed by atoms with van der Waals surface area (Å²) in [6.45, 7) is 8.37. The van der Waals surface area contributed by atoms with Gasteiger partial charge in [0.25, 0.3) is 11.9 Å². The molecule has 0 spiro atoms. The lowest BCUT2D eigenvalue weighted by molar-refractivity contribution is 0.0975. The highest BCUT2D eigenvalue weighted by Crippen LogP contribution is 2.30. The van der Waals surface area contributed by atoms with Crippen molar-refractivity contribution in [2.75, 3.05) is 19.4 Å². The van der Waals surface area contributed by atoms with Gasteiger partial charge >= 0.3 is 10.2 Å². The highest BCUT2D eigenvalue weighted by Gasteiger charge is 2.21. The van der Waals surface area contributed by atoms with Gasteiger partial charge in [-0.25, -0.2) is 4.72 Å². The van der Waals surface area contributed by atoms with Gasteiger partial charge in [-0.3, -0.25) is 4.79 Å². The SMILES string of the molecule is CC(C)c1ccc(C(C)C)c(Nc2nc(C(=O)NS(=O)(=O)N(C)C)co2)c1. The third-order valence-corrected chi connectivity index (χ3v) is 5.45. The van der Waals surface area contributed by atoms with Crippen molar-refractivity contribution < 1.29 is 17.6 Å². The van der Waals surface area contributed by atoms with Crippen LogP contribution in [0.1, 0.15) is 61.1 Å². The smallest absolute Gasteiger partial charge is 0.303 e. The quantitative estimate of drug-likeness (QED) is 0.747. The van der Waals surface area contributed by atoms with Crippen molar-refractivity contribution >= 4 is 27.8 Å². The van der Waals surface area contributed by atoms with Gasteiger partial charge in [0.05, 0.1) is 0 Å². The monoisotopic (exact) mass is 394 g/mol. The van der Waals surface area contributed by atoms with Gasteiger partial charge in [0.15, 0.2) is 5.69 Å². The number of nitrogens with one attached hydrogen (secondary N) is 2. The van der Waals surface area contributed by atoms with Crippen LogP contribution < -0.4 is 10.0 Å². The standard InChI is InChI=1S/C18H26N4O4S/c1-11(2)13-7-8-14(12(3)4)15(9-13)19-18-20-16(10-26-18)17(23)21-27(24,25)22(5)6/h7-12H,1-6H3,(H,19,20)(H,21,23). The molecule has 1 aromatic heterocycles. The highest BCUT2D eigenvalue weighted by atomic mass is 32.2. The second-order valence-electron chi connectivity index (χ2n) is 7.04. The Morgan fingerprint density at radius 3 is 2.37 bits per heavy atom. The molecule has 0 radical (unpaired) electrons. The number of oxazole rings is 1. The molecule has 0 saturated heterocycles. The van der Waals surface area contributed by atoms with Crippen molar-refractivity contribution in [2.24, 2.45) is 0 Å². The van der Waals surface area contributed by atoms with Gasteiger partial charge in [-0.1, -0.05) is 39.8 Å². The number of rotatable bonds is 7. The first-order valence-electron chi connectivity index (χ1n) is 8.62. The van der Waals surface area contributed by atoms with E-state index in [2.05, 4.69) is 50.1 Å². The first kappa shape index (κ1) is 20.9. The van der Waals surface area contributed by atoms with E-state index in [4.69, 9.17) is 4.42 Å². The number of aromatic nitrogens is 1. The van der Waals surface area contributed by atoms with Gasteiger partial charge in [-0.05, 0) is 29.0 Å². The molecule has 0 aliphatic carbocycles. The van der Waals surface area contributed by atoms with E-state index in [9.17, 15) is 13.2 Å². The molecule has 9 heteroatoms. The van der Waals surface area contributed by atoms with Gasteiger partial charge in [0.1, 0.15) is 6.26 Å². The molecule has 0 unspecified atom stereocenters. The van der Waals surface area contributed by atoms with Gasteiger partial charge in [0.2, 0.25) is 0 Å². The molecular formula is C18H26N4O4S. The Kier molecular flexibility index (Phi) is 6.27. The molecule has 0 fully saturated rings. The molecule has 0 bridgehead atoms. The van der Waals surface area contributed by atoms with E-state index in [0.717, 1.165) is 27.4 Å². The molecule has 148 valence electrons. The van der Waals surface area contributed by atoms with Crippen LogP contribution in [0.3, 0.4) is 0 Å². The summed E-state index contributed by atoms with van der Waals surface area (Å²) < 4.78 is 31.6. The van der Waals surface area contributed by atoms with E-state index in [1.807, 2.05) is 10.8 Å². The maximum absolute atomic E-state index is 12.1. The Morgan fingerprint density at radius 2 is 1.81 bits per heavy atom. The van der Waals surface area contributed by atoms with Gasteiger partial charge in [-0.15, -0.1) is 0 Å². The summed E-state index contributed by atoms with van der Waals surface area (Å²) in [6.07, 6.45) is 1.12. The number of amides is 1. The topological polar surface area (TPSA) is 105 Å². The second kappa shape index (κ2) is 8.10. The zero-order chi connectivity index (χ0) is 20.4. The molecule has 1 amide bonds. The lowest BCUT2D eigenvalue weighted by atomic mass is 9.95. The average molecular weight is 394 g/mol. The number of carbonyl (C=O) groups is 1. The maximum atomic E-state index is 12.1. The Morgan fingerprint density at radius 1 is 1.15 bits per heavy atom. The Bertz CT molecular complexity index is 917. The molecule has 2 aromatic rings. The minimum Gasteiger partial charge on any atom is -0.431 e. The molecule has 1 heterocycles. The molecule has 1 aromatic carbocycles. The molecule has 27 heavy (non-hydrogen) atoms. The molecule has 2 N–H and O–H groups in total. The molecule has 0 atom stereocenters. The zero-order valence-electron chi connectivity index (χ0n) is 16.4. The van der Waals surface area contributed by atoms with Crippen molar-refractivity contribution in [2.45, 2.75) is 39.5 Å².